The van der Waals surface area contributed by atoms with E-state index in [2.05, 4.69) is 101 Å². The molecule has 0 spiro atoms. The Balaban J connectivity index is 5.25. The predicted molar refractivity (Wildman–Crippen MR) is 369 cm³/mol. The second-order valence-corrected chi connectivity index (χ2v) is 24.8. The van der Waals surface area contributed by atoms with Crippen LogP contribution in [0.1, 0.15) is 335 Å². The second kappa shape index (κ2) is 71.0. The number of nitrogens with one attached hydrogen (secondary N) is 5. The molecule has 0 aromatic carbocycles. The van der Waals surface area contributed by atoms with Crippen molar-refractivity contribution in [2.45, 2.75) is 341 Å². The van der Waals surface area contributed by atoms with E-state index in [4.69, 9.17) is 5.73 Å². The van der Waals surface area contributed by atoms with E-state index >= 15 is 0 Å². The highest BCUT2D eigenvalue weighted by Crippen LogP contribution is 2.17. The minimum absolute atomic E-state index is 0.0740. The molecule has 0 bridgehead atoms. The zero-order chi connectivity index (χ0) is 60.8. The van der Waals surface area contributed by atoms with Crippen molar-refractivity contribution in [2.75, 3.05) is 65.4 Å². The van der Waals surface area contributed by atoms with Gasteiger partial charge in [-0.2, -0.15) is 0 Å². The van der Waals surface area contributed by atoms with Crippen molar-refractivity contribution in [2.24, 2.45) is 5.73 Å². The van der Waals surface area contributed by atoms with Crippen LogP contribution in [0.3, 0.4) is 0 Å². The second-order valence-electron chi connectivity index (χ2n) is 24.8. The van der Waals surface area contributed by atoms with Gasteiger partial charge in [-0.15, -0.1) is 0 Å². The number of rotatable bonds is 69. The molecular formula is C74H143N7O3. The molecule has 10 heteroatoms. The van der Waals surface area contributed by atoms with Gasteiger partial charge in [0.25, 0.3) is 0 Å². The number of allylic oxidation sites excluding steroid dienone is 8. The summed E-state index contributed by atoms with van der Waals surface area (Å²) in [5.74, 6) is 0.0452. The first-order chi connectivity index (χ1) is 41.5. The van der Waals surface area contributed by atoms with E-state index in [0.29, 0.717) is 19.4 Å². The molecule has 0 saturated heterocycles. The maximum Gasteiger partial charge on any atom is 0.245 e. The average Bonchev–Trinajstić information content (AvgIpc) is 3.51. The largest absolute Gasteiger partial charge is 0.356 e. The van der Waals surface area contributed by atoms with Crippen LogP contribution >= 0.6 is 0 Å². The van der Waals surface area contributed by atoms with Gasteiger partial charge in [0.05, 0.1) is 6.54 Å². The molecule has 0 fully saturated rings. The summed E-state index contributed by atoms with van der Waals surface area (Å²) in [6, 6.07) is -0.561. The number of hydrogen-bond donors (Lipinski definition) is 6. The summed E-state index contributed by atoms with van der Waals surface area (Å²) >= 11 is 0. The number of nitrogens with zero attached hydrogens (tertiary/aromatic N) is 1. The van der Waals surface area contributed by atoms with Crippen LogP contribution in [-0.4, -0.2) is 94.1 Å². The Morgan fingerprint density at radius 3 is 1.15 bits per heavy atom. The van der Waals surface area contributed by atoms with Crippen LogP contribution in [0, 0.1) is 0 Å². The van der Waals surface area contributed by atoms with Gasteiger partial charge in [-0.1, -0.05) is 275 Å². The molecule has 3 amide bonds. The average molecular weight is 1180 g/mol. The number of hydrogen-bond acceptors (Lipinski definition) is 7. The van der Waals surface area contributed by atoms with Crippen LogP contribution < -0.4 is 32.3 Å². The van der Waals surface area contributed by atoms with E-state index in [0.717, 1.165) is 149 Å². The molecule has 0 aliphatic heterocycles. The van der Waals surface area contributed by atoms with Crippen molar-refractivity contribution < 1.29 is 14.4 Å². The van der Waals surface area contributed by atoms with Gasteiger partial charge in [0.1, 0.15) is 6.04 Å². The number of carbonyl (C=O) groups excluding carboxylic acids is 3. The molecule has 0 aromatic rings. The summed E-state index contributed by atoms with van der Waals surface area (Å²) in [6.07, 6.45) is 77.0. The minimum atomic E-state index is -0.561. The van der Waals surface area contributed by atoms with Crippen molar-refractivity contribution >= 4 is 17.7 Å². The zero-order valence-electron chi connectivity index (χ0n) is 56.2. The van der Waals surface area contributed by atoms with Crippen LogP contribution in [0.4, 0.5) is 0 Å². The van der Waals surface area contributed by atoms with E-state index < -0.39 is 6.04 Å². The lowest BCUT2D eigenvalue weighted by atomic mass is 10.0. The van der Waals surface area contributed by atoms with Crippen molar-refractivity contribution in [1.82, 2.24) is 31.5 Å². The van der Waals surface area contributed by atoms with Gasteiger partial charge in [-0.25, -0.2) is 0 Å². The van der Waals surface area contributed by atoms with Crippen LogP contribution in [0.2, 0.25) is 0 Å². The first-order valence-electron chi connectivity index (χ1n) is 36.8. The minimum Gasteiger partial charge on any atom is -0.356 e. The molecular weight excluding hydrogens is 1030 g/mol. The summed E-state index contributed by atoms with van der Waals surface area (Å²) in [5, 5.41) is 16.7. The van der Waals surface area contributed by atoms with Crippen LogP contribution in [-0.2, 0) is 14.4 Å². The van der Waals surface area contributed by atoms with Crippen LogP contribution in [0.5, 0.6) is 0 Å². The molecule has 1 atom stereocenters. The number of carbonyl (C=O) groups is 3. The Labute approximate surface area is 522 Å². The molecule has 10 nitrogen and oxygen atoms in total. The molecule has 0 aliphatic carbocycles. The first-order valence-corrected chi connectivity index (χ1v) is 36.8. The highest BCUT2D eigenvalue weighted by molar-refractivity contribution is 5.88. The highest BCUT2D eigenvalue weighted by Gasteiger charge is 2.25. The van der Waals surface area contributed by atoms with Crippen LogP contribution in [0.25, 0.3) is 0 Å². The SMILES string of the molecule is CCCCC/C=C/C/C=C/C/C=C/C/C=C/CCCC(=O)NCCCCC(NC(=O)CNCCCNCCCCNCCCN)C(=O)N(CCCCCCCCCCCCCCCCCC)CCCCCCCCCCCCCCCCCC. The van der Waals surface area contributed by atoms with Crippen molar-refractivity contribution in [3.05, 3.63) is 48.6 Å². The number of unbranched alkanes of at least 4 members (excludes halogenated alkanes) is 36. The summed E-state index contributed by atoms with van der Waals surface area (Å²) < 4.78 is 0. The summed E-state index contributed by atoms with van der Waals surface area (Å²) in [5.41, 5.74) is 5.59. The summed E-state index contributed by atoms with van der Waals surface area (Å²) in [6.45, 7) is 14.5. The van der Waals surface area contributed by atoms with Gasteiger partial charge in [-0.05, 0) is 142 Å². The molecule has 0 rings (SSSR count). The Kier molecular flexibility index (Phi) is 68.6. The highest BCUT2D eigenvalue weighted by atomic mass is 16.2. The van der Waals surface area contributed by atoms with E-state index in [1.165, 1.54) is 205 Å². The van der Waals surface area contributed by atoms with Gasteiger partial charge in [0.2, 0.25) is 17.7 Å². The third-order valence-corrected chi connectivity index (χ3v) is 16.5. The van der Waals surface area contributed by atoms with Gasteiger partial charge >= 0.3 is 0 Å². The van der Waals surface area contributed by atoms with Crippen molar-refractivity contribution in [3.63, 3.8) is 0 Å². The molecule has 0 saturated carbocycles. The third kappa shape index (κ3) is 63.7. The molecule has 0 radical (unpaired) electrons. The monoisotopic (exact) mass is 1180 g/mol. The maximum atomic E-state index is 14.6. The van der Waals surface area contributed by atoms with Crippen LogP contribution in [0.15, 0.2) is 48.6 Å². The molecule has 492 valence electrons. The molecule has 0 aliphatic rings. The number of nitrogens with two attached hydrogens (primary N) is 1. The summed E-state index contributed by atoms with van der Waals surface area (Å²) in [7, 11) is 0. The fourth-order valence-corrected chi connectivity index (χ4v) is 11.0. The van der Waals surface area contributed by atoms with Crippen molar-refractivity contribution in [3.8, 4) is 0 Å². The smallest absolute Gasteiger partial charge is 0.245 e. The number of amides is 3. The Bertz CT molecular complexity index is 1450. The predicted octanol–water partition coefficient (Wildman–Crippen LogP) is 18.5. The molecule has 7 N–H and O–H groups in total. The Hall–Kier alpha value is -2.79. The molecule has 1 unspecified atom stereocenters. The molecule has 0 heterocycles. The Morgan fingerprint density at radius 1 is 0.357 bits per heavy atom. The van der Waals surface area contributed by atoms with E-state index in [-0.39, 0.29) is 24.3 Å². The van der Waals surface area contributed by atoms with Gasteiger partial charge in [0, 0.05) is 26.1 Å². The van der Waals surface area contributed by atoms with Gasteiger partial charge < -0.3 is 37.2 Å². The fourth-order valence-electron chi connectivity index (χ4n) is 11.0. The maximum absolute atomic E-state index is 14.6. The lowest BCUT2D eigenvalue weighted by Crippen LogP contribution is -2.51. The standard InChI is InChI=1S/C74H143N7O3/c1-4-7-10-13-16-19-22-25-28-31-32-35-38-41-44-47-50-60-72(82)79-67-52-51-59-71(80-73(83)70-78-66-58-65-77-63-54-53-62-76-64-57-61-75)74(84)81(68-55-48-45-42-39-36-33-29-26-23-20-17-14-11-8-5-2)69-56-49-46-43-40-37-34-30-27-24-21-18-15-12-9-6-3/h16,19,25,28,32,35,41,44,71,76-78H,4-15,17-18,20-24,26-27,29-31,33-34,36-40,42-43,45-70,75H2,1-3H3,(H,79,82)(H,80,83)/b19-16+,28-25+,35-32+,44-41+. The topological polar surface area (TPSA) is 141 Å². The van der Waals surface area contributed by atoms with E-state index in [1.54, 1.807) is 0 Å². The van der Waals surface area contributed by atoms with E-state index in [9.17, 15) is 14.4 Å². The van der Waals surface area contributed by atoms with E-state index in [1.807, 2.05) is 0 Å². The fraction of sp³-hybridized carbons (Fsp3) is 0.851. The molecule has 84 heavy (non-hydrogen) atoms. The summed E-state index contributed by atoms with van der Waals surface area (Å²) in [4.78, 5) is 43.1. The normalized spacial score (nSPS) is 12.3. The lowest BCUT2D eigenvalue weighted by Gasteiger charge is -2.28. The van der Waals surface area contributed by atoms with Gasteiger partial charge in [0.15, 0.2) is 0 Å². The third-order valence-electron chi connectivity index (χ3n) is 16.5. The molecule has 0 aromatic heterocycles. The first kappa shape index (κ1) is 81.2. The quantitative estimate of drug-likeness (QED) is 0.0263. The van der Waals surface area contributed by atoms with Crippen molar-refractivity contribution in [1.29, 1.82) is 0 Å². The zero-order valence-corrected chi connectivity index (χ0v) is 56.2. The lowest BCUT2D eigenvalue weighted by molar-refractivity contribution is -0.136. The Morgan fingerprint density at radius 2 is 0.714 bits per heavy atom. The van der Waals surface area contributed by atoms with Gasteiger partial charge in [-0.3, -0.25) is 14.4 Å².